The lowest BCUT2D eigenvalue weighted by Gasteiger charge is -2.31. The molecule has 0 aromatic carbocycles. The van der Waals surface area contributed by atoms with E-state index in [-0.39, 0.29) is 0 Å². The van der Waals surface area contributed by atoms with Crippen LogP contribution in [0.1, 0.15) is 52.4 Å². The number of ketones is 1. The quantitative estimate of drug-likeness (QED) is 0.721. The van der Waals surface area contributed by atoms with Gasteiger partial charge in [0.05, 0.1) is 0 Å². The van der Waals surface area contributed by atoms with E-state index in [0.717, 1.165) is 35.5 Å². The first kappa shape index (κ1) is 11.5. The van der Waals surface area contributed by atoms with Crippen LogP contribution in [-0.4, -0.2) is 5.78 Å². The molecule has 4 fully saturated rings. The zero-order valence-electron chi connectivity index (χ0n) is 11.8. The summed E-state index contributed by atoms with van der Waals surface area (Å²) in [6, 6.07) is 0. The predicted octanol–water partition coefficient (Wildman–Crippen LogP) is 3.92. The number of carbonyl (C=O) groups is 1. The van der Waals surface area contributed by atoms with Gasteiger partial charge in [-0.25, -0.2) is 0 Å². The van der Waals surface area contributed by atoms with Crippen molar-refractivity contribution in [3.63, 3.8) is 0 Å². The second kappa shape index (κ2) is 3.84. The number of hydrogen-bond acceptors (Lipinski definition) is 1. The van der Waals surface area contributed by atoms with Crippen LogP contribution in [0.3, 0.4) is 0 Å². The first-order valence-corrected chi connectivity index (χ1v) is 8.20. The molecule has 100 valence electrons. The van der Waals surface area contributed by atoms with E-state index >= 15 is 0 Å². The number of fused-ring (bicyclic) bond motifs is 5. The maximum atomic E-state index is 12.7. The van der Waals surface area contributed by atoms with E-state index in [9.17, 15) is 4.79 Å². The number of carbonyl (C=O) groups excluding carboxylic acids is 1. The van der Waals surface area contributed by atoms with Crippen molar-refractivity contribution in [2.75, 3.05) is 0 Å². The molecular weight excluding hydrogens is 220 g/mol. The predicted molar refractivity (Wildman–Crippen MR) is 72.0 cm³/mol. The number of Topliss-reactive ketones (excluding diaryl/α,β-unsaturated/α-hetero) is 1. The zero-order chi connectivity index (χ0) is 12.4. The molecule has 4 rings (SSSR count). The van der Waals surface area contributed by atoms with Gasteiger partial charge in [0.1, 0.15) is 5.78 Å². The van der Waals surface area contributed by atoms with Crippen LogP contribution in [0.15, 0.2) is 0 Å². The fourth-order valence-corrected chi connectivity index (χ4v) is 5.78. The lowest BCUT2D eigenvalue weighted by molar-refractivity contribution is -0.126. The largest absolute Gasteiger partial charge is 0.299 e. The highest BCUT2D eigenvalue weighted by Crippen LogP contribution is 2.70. The Hall–Kier alpha value is -0.330. The van der Waals surface area contributed by atoms with Gasteiger partial charge in [-0.05, 0) is 74.0 Å². The third kappa shape index (κ3) is 1.48. The van der Waals surface area contributed by atoms with Crippen LogP contribution in [0.4, 0.5) is 0 Å². The SMILES string of the molecule is CC1CCC(C(=O)C2C3C4CCC(C4)C23)CC1C. The van der Waals surface area contributed by atoms with Gasteiger partial charge < -0.3 is 0 Å². The molecule has 18 heavy (non-hydrogen) atoms. The molecule has 0 N–H and O–H groups in total. The van der Waals surface area contributed by atoms with Crippen LogP contribution in [0.5, 0.6) is 0 Å². The highest BCUT2D eigenvalue weighted by molar-refractivity contribution is 5.87. The van der Waals surface area contributed by atoms with Gasteiger partial charge in [0.2, 0.25) is 0 Å². The molecule has 4 saturated carbocycles. The standard InChI is InChI=1S/C17H26O/c1-9-3-4-13(7-10(9)2)17(18)16-14-11-5-6-12(8-11)15(14)16/h9-16H,3-8H2,1-2H3. The molecule has 1 nitrogen and oxygen atoms in total. The molecule has 7 atom stereocenters. The fourth-order valence-electron chi connectivity index (χ4n) is 5.78. The maximum Gasteiger partial charge on any atom is 0.139 e. The molecular formula is C17H26O. The molecule has 7 unspecified atom stereocenters. The van der Waals surface area contributed by atoms with Gasteiger partial charge in [-0.2, -0.15) is 0 Å². The molecule has 2 bridgehead atoms. The average Bonchev–Trinajstić information content (AvgIpc) is 2.80. The summed E-state index contributed by atoms with van der Waals surface area (Å²) in [6.07, 6.45) is 8.01. The third-order valence-corrected chi connectivity index (χ3v) is 7.06. The first-order valence-electron chi connectivity index (χ1n) is 8.20. The molecule has 0 saturated heterocycles. The third-order valence-electron chi connectivity index (χ3n) is 7.06. The van der Waals surface area contributed by atoms with Gasteiger partial charge >= 0.3 is 0 Å². The summed E-state index contributed by atoms with van der Waals surface area (Å²) < 4.78 is 0. The summed E-state index contributed by atoms with van der Waals surface area (Å²) in [4.78, 5) is 12.7. The van der Waals surface area contributed by atoms with Crippen molar-refractivity contribution >= 4 is 5.78 Å². The van der Waals surface area contributed by atoms with Crippen LogP contribution < -0.4 is 0 Å². The van der Waals surface area contributed by atoms with Gasteiger partial charge in [-0.15, -0.1) is 0 Å². The summed E-state index contributed by atoms with van der Waals surface area (Å²) in [7, 11) is 0. The Morgan fingerprint density at radius 1 is 0.833 bits per heavy atom. The van der Waals surface area contributed by atoms with Crippen molar-refractivity contribution in [2.45, 2.75) is 52.4 Å². The Labute approximate surface area is 111 Å². The van der Waals surface area contributed by atoms with Gasteiger partial charge in [0.15, 0.2) is 0 Å². The zero-order valence-corrected chi connectivity index (χ0v) is 11.8. The minimum atomic E-state index is 0.436. The lowest BCUT2D eigenvalue weighted by Crippen LogP contribution is -2.28. The summed E-state index contributed by atoms with van der Waals surface area (Å²) in [5.41, 5.74) is 0. The molecule has 0 aromatic heterocycles. The van der Waals surface area contributed by atoms with Crippen molar-refractivity contribution in [3.05, 3.63) is 0 Å². The van der Waals surface area contributed by atoms with Crippen LogP contribution in [0.25, 0.3) is 0 Å². The van der Waals surface area contributed by atoms with Gasteiger partial charge in [0, 0.05) is 11.8 Å². The van der Waals surface area contributed by atoms with Crippen molar-refractivity contribution in [1.82, 2.24) is 0 Å². The van der Waals surface area contributed by atoms with Crippen molar-refractivity contribution < 1.29 is 4.79 Å². The molecule has 0 heterocycles. The highest BCUT2D eigenvalue weighted by Gasteiger charge is 2.67. The molecule has 1 heteroatoms. The summed E-state index contributed by atoms with van der Waals surface area (Å²) >= 11 is 0. The second-order valence-corrected chi connectivity index (χ2v) is 7.88. The van der Waals surface area contributed by atoms with Gasteiger partial charge in [-0.1, -0.05) is 13.8 Å². The van der Waals surface area contributed by atoms with E-state index in [2.05, 4.69) is 13.8 Å². The van der Waals surface area contributed by atoms with Crippen molar-refractivity contribution in [1.29, 1.82) is 0 Å². The number of rotatable bonds is 2. The van der Waals surface area contributed by atoms with Crippen LogP contribution >= 0.6 is 0 Å². The van der Waals surface area contributed by atoms with E-state index in [0.29, 0.717) is 17.6 Å². The van der Waals surface area contributed by atoms with E-state index in [1.807, 2.05) is 0 Å². The van der Waals surface area contributed by atoms with E-state index in [1.165, 1.54) is 38.5 Å². The second-order valence-electron chi connectivity index (χ2n) is 7.88. The Morgan fingerprint density at radius 3 is 2.11 bits per heavy atom. The smallest absolute Gasteiger partial charge is 0.139 e. The van der Waals surface area contributed by atoms with Crippen LogP contribution in [0.2, 0.25) is 0 Å². The Balaban J connectivity index is 1.43. The molecule has 0 amide bonds. The van der Waals surface area contributed by atoms with Crippen LogP contribution in [-0.2, 0) is 4.79 Å². The highest BCUT2D eigenvalue weighted by atomic mass is 16.1. The van der Waals surface area contributed by atoms with Crippen LogP contribution in [0, 0.1) is 47.3 Å². The monoisotopic (exact) mass is 246 g/mol. The fraction of sp³-hybridized carbons (Fsp3) is 0.941. The molecule has 0 aliphatic heterocycles. The topological polar surface area (TPSA) is 17.1 Å². The molecule has 4 aliphatic carbocycles. The molecule has 0 aromatic rings. The van der Waals surface area contributed by atoms with E-state index in [1.54, 1.807) is 0 Å². The lowest BCUT2D eigenvalue weighted by atomic mass is 9.73. The Kier molecular flexibility index (Phi) is 2.45. The summed E-state index contributed by atoms with van der Waals surface area (Å²) in [5, 5.41) is 0. The minimum absolute atomic E-state index is 0.436. The van der Waals surface area contributed by atoms with E-state index in [4.69, 9.17) is 0 Å². The summed E-state index contributed by atoms with van der Waals surface area (Å²) in [5.74, 6) is 6.87. The molecule has 4 aliphatic rings. The Morgan fingerprint density at radius 2 is 1.50 bits per heavy atom. The van der Waals surface area contributed by atoms with Crippen molar-refractivity contribution in [2.24, 2.45) is 47.3 Å². The molecule has 0 radical (unpaired) electrons. The average molecular weight is 246 g/mol. The molecule has 0 spiro atoms. The van der Waals surface area contributed by atoms with E-state index < -0.39 is 0 Å². The van der Waals surface area contributed by atoms with Gasteiger partial charge in [-0.3, -0.25) is 4.79 Å². The summed E-state index contributed by atoms with van der Waals surface area (Å²) in [6.45, 7) is 4.71. The maximum absolute atomic E-state index is 12.7. The van der Waals surface area contributed by atoms with Crippen molar-refractivity contribution in [3.8, 4) is 0 Å². The minimum Gasteiger partial charge on any atom is -0.299 e. The first-order chi connectivity index (χ1) is 8.66. The number of hydrogen-bond donors (Lipinski definition) is 0. The van der Waals surface area contributed by atoms with Gasteiger partial charge in [0.25, 0.3) is 0 Å². The Bertz CT molecular complexity index is 358. The normalized spacial score (nSPS) is 57.4.